The number of aliphatic hydroxyl groups is 1. The van der Waals surface area contributed by atoms with E-state index in [1.54, 1.807) is 12.1 Å². The van der Waals surface area contributed by atoms with Gasteiger partial charge in [0.2, 0.25) is 17.7 Å². The van der Waals surface area contributed by atoms with Gasteiger partial charge in [-0.25, -0.2) is 0 Å². The Bertz CT molecular complexity index is 2220. The van der Waals surface area contributed by atoms with Crippen molar-refractivity contribution in [1.82, 2.24) is 21.3 Å². The number of benzene rings is 4. The molecule has 3 amide bonds. The van der Waals surface area contributed by atoms with Gasteiger partial charge in [-0.3, -0.25) is 14.4 Å². The number of piperazine rings is 2. The van der Waals surface area contributed by atoms with Crippen LogP contribution in [0.1, 0.15) is 62.8 Å². The van der Waals surface area contributed by atoms with Gasteiger partial charge >= 0.3 is 0 Å². The second-order valence-electron chi connectivity index (χ2n) is 19.0. The highest BCUT2D eigenvalue weighted by atomic mass is 16.6. The molecule has 7 unspecified atom stereocenters. The van der Waals surface area contributed by atoms with Crippen LogP contribution in [-0.4, -0.2) is 109 Å². The molecule has 0 aliphatic carbocycles. The fraction of sp³-hybridized carbons (Fsp3) is 0.471. The van der Waals surface area contributed by atoms with Crippen LogP contribution in [0.15, 0.2) is 97.1 Å². The van der Waals surface area contributed by atoms with E-state index in [1.165, 1.54) is 0 Å². The molecule has 4 saturated heterocycles. The predicted molar refractivity (Wildman–Crippen MR) is 243 cm³/mol. The third kappa shape index (κ3) is 13.9. The average Bonchev–Trinajstić information content (AvgIpc) is 4.22. The number of amides is 3. The van der Waals surface area contributed by atoms with Crippen LogP contribution in [0, 0.1) is 0 Å². The van der Waals surface area contributed by atoms with E-state index in [-0.39, 0.29) is 54.2 Å². The largest absolute Gasteiger partial charge is 0.491 e. The van der Waals surface area contributed by atoms with Crippen LogP contribution in [0.2, 0.25) is 0 Å². The van der Waals surface area contributed by atoms with Crippen molar-refractivity contribution in [3.8, 4) is 23.0 Å². The van der Waals surface area contributed by atoms with E-state index in [4.69, 9.17) is 28.4 Å². The lowest BCUT2D eigenvalue weighted by Gasteiger charge is -2.31. The van der Waals surface area contributed by atoms with E-state index in [0.29, 0.717) is 50.3 Å². The fourth-order valence-corrected chi connectivity index (χ4v) is 8.43. The van der Waals surface area contributed by atoms with Crippen LogP contribution < -0.4 is 40.2 Å². The van der Waals surface area contributed by atoms with Crippen LogP contribution in [0.25, 0.3) is 0 Å². The number of hydrogen-bond acceptors (Lipinski definition) is 11. The van der Waals surface area contributed by atoms with Gasteiger partial charge < -0.3 is 54.8 Å². The molecule has 14 nitrogen and oxygen atoms in total. The van der Waals surface area contributed by atoms with Gasteiger partial charge in [0, 0.05) is 38.3 Å². The molecule has 0 saturated carbocycles. The minimum atomic E-state index is -0.801. The van der Waals surface area contributed by atoms with Gasteiger partial charge in [0.1, 0.15) is 65.6 Å². The van der Waals surface area contributed by atoms with E-state index in [0.717, 1.165) is 59.8 Å². The van der Waals surface area contributed by atoms with E-state index < -0.39 is 23.8 Å². The van der Waals surface area contributed by atoms with Crippen molar-refractivity contribution in [3.63, 3.8) is 0 Å². The van der Waals surface area contributed by atoms with Crippen molar-refractivity contribution < 1.29 is 47.9 Å². The van der Waals surface area contributed by atoms with Crippen molar-refractivity contribution in [3.05, 3.63) is 119 Å². The number of rotatable bonds is 22. The zero-order valence-corrected chi connectivity index (χ0v) is 37.7. The van der Waals surface area contributed by atoms with E-state index in [2.05, 4.69) is 21.3 Å². The van der Waals surface area contributed by atoms with Crippen molar-refractivity contribution in [2.24, 2.45) is 0 Å². The van der Waals surface area contributed by atoms with Crippen molar-refractivity contribution in [2.45, 2.75) is 120 Å². The minimum Gasteiger partial charge on any atom is -0.491 e. The summed E-state index contributed by atoms with van der Waals surface area (Å²) in [5, 5.41) is 23.3. The third-order valence-corrected chi connectivity index (χ3v) is 12.0. The van der Waals surface area contributed by atoms with Crippen LogP contribution in [0.3, 0.4) is 0 Å². The highest BCUT2D eigenvalue weighted by Crippen LogP contribution is 2.29. The first-order valence-electron chi connectivity index (χ1n) is 22.7. The van der Waals surface area contributed by atoms with Crippen molar-refractivity contribution in [2.75, 3.05) is 33.0 Å². The molecule has 4 fully saturated rings. The molecule has 346 valence electrons. The molecule has 0 bridgehead atoms. The number of aliphatic hydroxyl groups excluding tert-OH is 1. The quantitative estimate of drug-likeness (QED) is 0.0706. The van der Waals surface area contributed by atoms with Crippen LogP contribution in [-0.2, 0) is 49.5 Å². The molecule has 4 aromatic rings. The summed E-state index contributed by atoms with van der Waals surface area (Å²) in [5.74, 6) is 2.32. The highest BCUT2D eigenvalue weighted by molar-refractivity contribution is 5.97. The summed E-state index contributed by atoms with van der Waals surface area (Å²) >= 11 is 0. The summed E-state index contributed by atoms with van der Waals surface area (Å²) in [6, 6.07) is 28.9. The minimum absolute atomic E-state index is 0.00227. The van der Waals surface area contributed by atoms with Gasteiger partial charge in [0.05, 0.1) is 31.5 Å². The molecule has 65 heavy (non-hydrogen) atoms. The summed E-state index contributed by atoms with van der Waals surface area (Å²) in [7, 11) is 0. The van der Waals surface area contributed by atoms with Gasteiger partial charge in [0.15, 0.2) is 0 Å². The Kier molecular flexibility index (Phi) is 14.3. The highest BCUT2D eigenvalue weighted by Gasteiger charge is 2.35. The third-order valence-electron chi connectivity index (χ3n) is 12.0. The van der Waals surface area contributed by atoms with Gasteiger partial charge in [-0.05, 0) is 111 Å². The number of carbonyl (C=O) groups is 3. The summed E-state index contributed by atoms with van der Waals surface area (Å²) in [6.07, 6.45) is 2.79. The zero-order chi connectivity index (χ0) is 45.6. The topological polar surface area (TPSA) is 182 Å². The first-order valence-corrected chi connectivity index (χ1v) is 22.7. The predicted octanol–water partition coefficient (Wildman–Crippen LogP) is 4.41. The fourth-order valence-electron chi connectivity index (χ4n) is 8.43. The smallest absolute Gasteiger partial charge is 0.243 e. The molecule has 4 aliphatic rings. The lowest BCUT2D eigenvalue weighted by atomic mass is 9.98. The van der Waals surface area contributed by atoms with E-state index in [1.807, 2.05) is 113 Å². The molecule has 4 heterocycles. The second kappa shape index (κ2) is 20.2. The number of carbonyl (C=O) groups excluding carboxylic acids is 3. The molecule has 4 aromatic carbocycles. The maximum absolute atomic E-state index is 13.1. The number of epoxide rings is 2. The van der Waals surface area contributed by atoms with Crippen LogP contribution in [0.5, 0.6) is 23.0 Å². The maximum Gasteiger partial charge on any atom is 0.243 e. The number of nitrogens with one attached hydrogen (secondary N) is 4. The zero-order valence-electron chi connectivity index (χ0n) is 37.7. The molecule has 8 rings (SSSR count). The van der Waals surface area contributed by atoms with Gasteiger partial charge in [0.25, 0.3) is 0 Å². The Morgan fingerprint density at radius 2 is 1.00 bits per heavy atom. The Hall–Kier alpha value is -5.67. The monoisotopic (exact) mass is 890 g/mol. The van der Waals surface area contributed by atoms with Crippen molar-refractivity contribution >= 4 is 17.7 Å². The average molecular weight is 891 g/mol. The van der Waals surface area contributed by atoms with Crippen LogP contribution in [0.4, 0.5) is 0 Å². The molecule has 14 heteroatoms. The Labute approximate surface area is 381 Å². The lowest BCUT2D eigenvalue weighted by Crippen LogP contribution is -2.62. The molecular formula is C51H62N4O10. The van der Waals surface area contributed by atoms with Crippen molar-refractivity contribution in [1.29, 1.82) is 0 Å². The van der Waals surface area contributed by atoms with E-state index >= 15 is 0 Å². The SMILES string of the molecule is CC(C)(CC(O)COc1ccc(CC2NC(=O)C(Cc3ccc(OC(C)(C)CC4CO4)cc3)NC2=O)cc1)Oc1ccc(CC2NCC(Cc3ccc(OCC4CO4)cc3)NC2=O)cc1. The first kappa shape index (κ1) is 45.9. The second-order valence-corrected chi connectivity index (χ2v) is 19.0. The summed E-state index contributed by atoms with van der Waals surface area (Å²) < 4.78 is 34.6. The molecule has 4 aliphatic heterocycles. The van der Waals surface area contributed by atoms with Gasteiger partial charge in [-0.2, -0.15) is 0 Å². The number of hydrogen-bond donors (Lipinski definition) is 5. The molecule has 0 radical (unpaired) electrons. The first-order chi connectivity index (χ1) is 31.2. The number of ether oxygens (including phenoxy) is 6. The Morgan fingerprint density at radius 1 is 0.569 bits per heavy atom. The summed E-state index contributed by atoms with van der Waals surface area (Å²) in [5.41, 5.74) is 2.87. The Balaban J connectivity index is 0.716. The molecule has 0 spiro atoms. The van der Waals surface area contributed by atoms with Gasteiger partial charge in [-0.1, -0.05) is 48.5 Å². The van der Waals surface area contributed by atoms with Gasteiger partial charge in [-0.15, -0.1) is 0 Å². The molecular weight excluding hydrogens is 829 g/mol. The summed E-state index contributed by atoms with van der Waals surface area (Å²) in [6.45, 7) is 10.8. The molecule has 7 atom stereocenters. The van der Waals surface area contributed by atoms with Crippen LogP contribution >= 0.6 is 0 Å². The lowest BCUT2D eigenvalue weighted by molar-refractivity contribution is -0.136. The molecule has 5 N–H and O–H groups in total. The standard InChI is InChI=1S/C51H62N4O10/c1-50(2,64-40-17-9-33(10-18-40)22-44-47(57)53-36(27-52-44)21-32-5-13-39(14-6-32)61-30-43-31-63-43)25-37(56)28-60-38-15-7-34(8-16-38)23-45-48(58)55-46(49(59)54-45)24-35-11-19-41(20-12-35)65-51(3,4)26-42-29-62-42/h5-20,36-37,42-46,52,56H,21-31H2,1-4H3,(H,53,57)(H,54,59)(H,55,58). The molecule has 0 aromatic heterocycles. The maximum atomic E-state index is 13.1. The van der Waals surface area contributed by atoms with E-state index in [9.17, 15) is 19.5 Å². The summed E-state index contributed by atoms with van der Waals surface area (Å²) in [4.78, 5) is 39.1. The normalized spacial score (nSPS) is 23.4. The Morgan fingerprint density at radius 3 is 1.49 bits per heavy atom.